The van der Waals surface area contributed by atoms with E-state index in [2.05, 4.69) is 12.6 Å². The number of allylic oxidation sites excluding steroid dienone is 1. The lowest BCUT2D eigenvalue weighted by atomic mass is 10.0. The molecule has 0 aliphatic carbocycles. The molecule has 0 aromatic heterocycles. The van der Waals surface area contributed by atoms with Crippen molar-refractivity contribution in [2.75, 3.05) is 153 Å². The number of nitriles is 1. The normalized spacial score (nSPS) is 11.3. The van der Waals surface area contributed by atoms with E-state index in [1.165, 1.54) is 0 Å². The lowest BCUT2D eigenvalue weighted by Crippen LogP contribution is -2.15. The van der Waals surface area contributed by atoms with Crippen LogP contribution in [0.25, 0.3) is 11.6 Å². The number of carbonyl (C=O) groups excluding carboxylic acids is 1. The summed E-state index contributed by atoms with van der Waals surface area (Å²) >= 11 is 0. The molecule has 0 N–H and O–H groups in total. The van der Waals surface area contributed by atoms with E-state index in [0.717, 1.165) is 0 Å². The second kappa shape index (κ2) is 33.7. The molecule has 2 rings (SSSR count). The van der Waals surface area contributed by atoms with Crippen LogP contribution in [0.5, 0.6) is 23.0 Å². The fraction of sp³-hybridized carbons (Fsp3) is 0.571. The fourth-order valence-corrected chi connectivity index (χ4v) is 4.59. The Kier molecular flexibility index (Phi) is 28.9. The van der Waals surface area contributed by atoms with Crippen molar-refractivity contribution in [1.29, 1.82) is 5.26 Å². The second-order valence-corrected chi connectivity index (χ2v) is 11.9. The zero-order valence-corrected chi connectivity index (χ0v) is 34.5. The van der Waals surface area contributed by atoms with E-state index in [1.54, 1.807) is 70.7 Å². The van der Waals surface area contributed by atoms with E-state index in [9.17, 15) is 10.1 Å². The van der Waals surface area contributed by atoms with Crippen LogP contribution >= 0.6 is 0 Å². The quantitative estimate of drug-likeness (QED) is 0.0308. The van der Waals surface area contributed by atoms with Crippen LogP contribution in [0.15, 0.2) is 48.6 Å². The molecule has 324 valence electrons. The van der Waals surface area contributed by atoms with Crippen LogP contribution in [-0.4, -0.2) is 159 Å². The molecule has 0 atom stereocenters. The Bertz CT molecular complexity index is 1420. The average molecular weight is 820 g/mol. The number of methoxy groups -OCH3 is 3. The number of nitrogens with zero attached hydrogens (tertiary/aromatic N) is 1. The van der Waals surface area contributed by atoms with Crippen molar-refractivity contribution < 1.29 is 71.1 Å². The third-order valence-corrected chi connectivity index (χ3v) is 7.47. The standard InChI is InChI=1S/C42H61NO15/c1-6-54-42(44)34(2)33-58-38-9-7-36(8-10-38)37(32-43)29-35-30-39(55-26-23-51-20-17-48-14-11-45-3)41(57-28-25-53-22-19-50-16-13-47-5)40(31-35)56-27-24-52-21-18-49-15-12-46-4/h7-10,29-31H,2,6,11-28,33H2,1,3-5H3/b37-29+. The average Bonchev–Trinajstić information content (AvgIpc) is 3.23. The molecule has 0 amide bonds. The first-order valence-electron chi connectivity index (χ1n) is 19.2. The van der Waals surface area contributed by atoms with Gasteiger partial charge in [0.1, 0.15) is 32.2 Å². The van der Waals surface area contributed by atoms with Crippen LogP contribution in [0.1, 0.15) is 18.1 Å². The molecule has 0 aliphatic rings. The van der Waals surface area contributed by atoms with Crippen molar-refractivity contribution in [1.82, 2.24) is 0 Å². The minimum atomic E-state index is -0.517. The molecular weight excluding hydrogens is 758 g/mol. The number of carbonyl (C=O) groups is 1. The van der Waals surface area contributed by atoms with Crippen LogP contribution in [0.4, 0.5) is 0 Å². The molecule has 0 fully saturated rings. The molecule has 0 bridgehead atoms. The van der Waals surface area contributed by atoms with Gasteiger partial charge in [-0.25, -0.2) is 4.79 Å². The number of ether oxygens (including phenoxy) is 14. The Morgan fingerprint density at radius 3 is 1.43 bits per heavy atom. The summed E-state index contributed by atoms with van der Waals surface area (Å²) in [5, 5.41) is 10.2. The van der Waals surface area contributed by atoms with Crippen LogP contribution in [0, 0.1) is 11.3 Å². The number of hydrogen-bond acceptors (Lipinski definition) is 16. The highest BCUT2D eigenvalue weighted by molar-refractivity contribution is 5.90. The number of benzene rings is 2. The monoisotopic (exact) mass is 819 g/mol. The molecule has 16 nitrogen and oxygen atoms in total. The van der Waals surface area contributed by atoms with Gasteiger partial charge in [-0.05, 0) is 60.5 Å². The highest BCUT2D eigenvalue weighted by Crippen LogP contribution is 2.40. The van der Waals surface area contributed by atoms with Gasteiger partial charge in [0, 0.05) is 21.3 Å². The maximum Gasteiger partial charge on any atom is 0.336 e. The van der Waals surface area contributed by atoms with Crippen LogP contribution < -0.4 is 18.9 Å². The summed E-state index contributed by atoms with van der Waals surface area (Å²) in [6, 6.07) is 12.7. The van der Waals surface area contributed by atoms with Crippen molar-refractivity contribution in [2.24, 2.45) is 0 Å². The van der Waals surface area contributed by atoms with Gasteiger partial charge in [-0.2, -0.15) is 5.26 Å². The molecule has 2 aromatic carbocycles. The second-order valence-electron chi connectivity index (χ2n) is 11.9. The van der Waals surface area contributed by atoms with E-state index in [1.807, 2.05) is 0 Å². The van der Waals surface area contributed by atoms with Crippen molar-refractivity contribution >= 4 is 17.6 Å². The summed E-state index contributed by atoms with van der Waals surface area (Å²) < 4.78 is 77.8. The zero-order chi connectivity index (χ0) is 41.9. The molecule has 0 saturated carbocycles. The molecule has 16 heteroatoms. The molecule has 0 radical (unpaired) electrons. The minimum absolute atomic E-state index is 0.0328. The topological polar surface area (TPSA) is 170 Å². The largest absolute Gasteiger partial charge is 0.489 e. The molecule has 2 aromatic rings. The van der Waals surface area contributed by atoms with Gasteiger partial charge in [0.25, 0.3) is 0 Å². The Morgan fingerprint density at radius 1 is 0.603 bits per heavy atom. The van der Waals surface area contributed by atoms with Crippen molar-refractivity contribution in [2.45, 2.75) is 6.92 Å². The van der Waals surface area contributed by atoms with E-state index < -0.39 is 5.97 Å². The van der Waals surface area contributed by atoms with E-state index in [-0.39, 0.29) is 58.4 Å². The van der Waals surface area contributed by atoms with Gasteiger partial charge < -0.3 is 66.3 Å². The molecule has 0 spiro atoms. The SMILES string of the molecule is C=C(COc1ccc(/C(C#N)=C/c2cc(OCCOCCOCCOC)c(OCCOCCOCCOC)c(OCCOCCOCCOC)c2)cc1)C(=O)OCC. The van der Waals surface area contributed by atoms with Gasteiger partial charge in [0.05, 0.1) is 123 Å². The molecule has 0 saturated heterocycles. The maximum absolute atomic E-state index is 11.9. The first-order valence-corrected chi connectivity index (χ1v) is 19.2. The molecule has 0 aliphatic heterocycles. The fourth-order valence-electron chi connectivity index (χ4n) is 4.59. The van der Waals surface area contributed by atoms with E-state index in [0.29, 0.717) is 119 Å². The number of esters is 1. The van der Waals surface area contributed by atoms with Gasteiger partial charge in [0.2, 0.25) is 5.75 Å². The Balaban J connectivity index is 2.28. The third-order valence-electron chi connectivity index (χ3n) is 7.47. The molecular formula is C42H61NO15. The summed E-state index contributed by atoms with van der Waals surface area (Å²) in [5.74, 6) is 1.09. The maximum atomic E-state index is 11.9. The van der Waals surface area contributed by atoms with E-state index >= 15 is 0 Å². The van der Waals surface area contributed by atoms with Crippen molar-refractivity contribution in [3.8, 4) is 29.1 Å². The lowest BCUT2D eigenvalue weighted by Gasteiger charge is -2.19. The predicted octanol–water partition coefficient (Wildman–Crippen LogP) is 4.42. The Morgan fingerprint density at radius 2 is 1.02 bits per heavy atom. The van der Waals surface area contributed by atoms with E-state index in [4.69, 9.17) is 66.3 Å². The van der Waals surface area contributed by atoms with Crippen LogP contribution in [0.2, 0.25) is 0 Å². The third kappa shape index (κ3) is 22.6. The Labute approximate surface area is 342 Å². The minimum Gasteiger partial charge on any atom is -0.489 e. The summed E-state index contributed by atoms with van der Waals surface area (Å²) in [4.78, 5) is 11.9. The smallest absolute Gasteiger partial charge is 0.336 e. The van der Waals surface area contributed by atoms with Crippen molar-refractivity contribution in [3.63, 3.8) is 0 Å². The number of rotatable bonds is 37. The van der Waals surface area contributed by atoms with Gasteiger partial charge in [-0.1, -0.05) is 6.58 Å². The summed E-state index contributed by atoms with van der Waals surface area (Å²) in [7, 11) is 4.85. The zero-order valence-electron chi connectivity index (χ0n) is 34.5. The summed E-state index contributed by atoms with van der Waals surface area (Å²) in [6.07, 6.45) is 1.72. The lowest BCUT2D eigenvalue weighted by molar-refractivity contribution is -0.138. The molecule has 0 unspecified atom stereocenters. The summed E-state index contributed by atoms with van der Waals surface area (Å²) in [6.45, 7) is 12.4. The Hall–Kier alpha value is -4.28. The van der Waals surface area contributed by atoms with Gasteiger partial charge in [0.15, 0.2) is 11.5 Å². The van der Waals surface area contributed by atoms with Crippen LogP contribution in [-0.2, 0) is 52.2 Å². The van der Waals surface area contributed by atoms with Gasteiger partial charge in [-0.3, -0.25) is 0 Å². The first kappa shape index (κ1) is 49.9. The first-order chi connectivity index (χ1) is 28.5. The predicted molar refractivity (Wildman–Crippen MR) is 215 cm³/mol. The number of hydrogen-bond donors (Lipinski definition) is 0. The van der Waals surface area contributed by atoms with Crippen molar-refractivity contribution in [3.05, 3.63) is 59.7 Å². The molecule has 58 heavy (non-hydrogen) atoms. The molecule has 0 heterocycles. The van der Waals surface area contributed by atoms with Gasteiger partial charge in [-0.15, -0.1) is 0 Å². The highest BCUT2D eigenvalue weighted by atomic mass is 16.6. The highest BCUT2D eigenvalue weighted by Gasteiger charge is 2.17. The van der Waals surface area contributed by atoms with Crippen LogP contribution in [0.3, 0.4) is 0 Å². The summed E-state index contributed by atoms with van der Waals surface area (Å²) in [5.41, 5.74) is 1.81. The van der Waals surface area contributed by atoms with Gasteiger partial charge >= 0.3 is 5.97 Å².